The predicted molar refractivity (Wildman–Crippen MR) is 60.2 cm³/mol. The summed E-state index contributed by atoms with van der Waals surface area (Å²) in [5, 5.41) is 8.13. The normalized spacial score (nSPS) is 10.1. The Morgan fingerprint density at radius 2 is 2.22 bits per heavy atom. The van der Waals surface area contributed by atoms with Crippen LogP contribution in [-0.4, -0.2) is 21.1 Å². The highest BCUT2D eigenvalue weighted by Gasteiger charge is 2.09. The summed E-state index contributed by atoms with van der Waals surface area (Å²) in [5.74, 6) is -1.01. The maximum Gasteiger partial charge on any atom is 0.272 e. The summed E-state index contributed by atoms with van der Waals surface area (Å²) < 4.78 is 13.2. The number of amides is 1. The van der Waals surface area contributed by atoms with E-state index in [-0.39, 0.29) is 17.9 Å². The second-order valence-electron chi connectivity index (χ2n) is 3.42. The molecule has 6 nitrogen and oxygen atoms in total. The first-order valence-electron chi connectivity index (χ1n) is 5.10. The molecular formula is C11H9FN4O2. The third-order valence-electron chi connectivity index (χ3n) is 2.16. The van der Waals surface area contributed by atoms with Gasteiger partial charge in [0.2, 0.25) is 0 Å². The molecule has 0 aliphatic carbocycles. The average molecular weight is 248 g/mol. The van der Waals surface area contributed by atoms with Gasteiger partial charge in [0.15, 0.2) is 0 Å². The van der Waals surface area contributed by atoms with Crippen molar-refractivity contribution in [3.05, 3.63) is 58.0 Å². The van der Waals surface area contributed by atoms with Gasteiger partial charge in [0.1, 0.15) is 11.5 Å². The van der Waals surface area contributed by atoms with E-state index in [4.69, 9.17) is 0 Å². The smallest absolute Gasteiger partial charge is 0.272 e. The third-order valence-corrected chi connectivity index (χ3v) is 2.16. The summed E-state index contributed by atoms with van der Waals surface area (Å²) in [5.41, 5.74) is -0.219. The Morgan fingerprint density at radius 3 is 2.89 bits per heavy atom. The fraction of sp³-hybridized carbons (Fsp3) is 0.0909. The van der Waals surface area contributed by atoms with E-state index < -0.39 is 17.3 Å². The van der Waals surface area contributed by atoms with Gasteiger partial charge < -0.3 is 5.32 Å². The number of H-pyrrole nitrogens is 1. The Balaban J connectivity index is 2.03. The van der Waals surface area contributed by atoms with E-state index in [0.717, 1.165) is 0 Å². The van der Waals surface area contributed by atoms with Crippen LogP contribution < -0.4 is 10.9 Å². The van der Waals surface area contributed by atoms with Crippen molar-refractivity contribution in [1.82, 2.24) is 20.5 Å². The molecule has 18 heavy (non-hydrogen) atoms. The summed E-state index contributed by atoms with van der Waals surface area (Å²) in [7, 11) is 0. The van der Waals surface area contributed by atoms with Crippen LogP contribution in [0.15, 0.2) is 35.3 Å². The van der Waals surface area contributed by atoms with Gasteiger partial charge in [-0.1, -0.05) is 0 Å². The van der Waals surface area contributed by atoms with E-state index in [1.165, 1.54) is 30.5 Å². The number of carbonyl (C=O) groups is 1. The minimum Gasteiger partial charge on any atom is -0.345 e. The molecule has 0 saturated carbocycles. The first kappa shape index (κ1) is 11.9. The predicted octanol–water partition coefficient (Wildman–Crippen LogP) is 0.234. The number of rotatable bonds is 3. The van der Waals surface area contributed by atoms with Crippen LogP contribution in [0, 0.1) is 5.82 Å². The molecule has 2 aromatic heterocycles. The SMILES string of the molecule is O=C(NCc1ncccc1F)c1ccc(=O)[nH]n1. The highest BCUT2D eigenvalue weighted by molar-refractivity contribution is 5.91. The lowest BCUT2D eigenvalue weighted by Crippen LogP contribution is -2.26. The van der Waals surface area contributed by atoms with Gasteiger partial charge in [-0.05, 0) is 18.2 Å². The third kappa shape index (κ3) is 2.76. The molecule has 2 heterocycles. The van der Waals surface area contributed by atoms with Crippen LogP contribution in [0.2, 0.25) is 0 Å². The molecule has 2 aromatic rings. The Kier molecular flexibility index (Phi) is 3.42. The molecule has 0 aromatic carbocycles. The van der Waals surface area contributed by atoms with Crippen molar-refractivity contribution >= 4 is 5.91 Å². The van der Waals surface area contributed by atoms with Crippen molar-refractivity contribution in [2.75, 3.05) is 0 Å². The number of pyridine rings is 1. The first-order chi connectivity index (χ1) is 8.66. The van der Waals surface area contributed by atoms with Crippen molar-refractivity contribution < 1.29 is 9.18 Å². The summed E-state index contributed by atoms with van der Waals surface area (Å²) >= 11 is 0. The van der Waals surface area contributed by atoms with Crippen LogP contribution >= 0.6 is 0 Å². The lowest BCUT2D eigenvalue weighted by Gasteiger charge is -2.04. The zero-order valence-electron chi connectivity index (χ0n) is 9.18. The van der Waals surface area contributed by atoms with Crippen LogP contribution in [-0.2, 0) is 6.54 Å². The monoisotopic (exact) mass is 248 g/mol. The van der Waals surface area contributed by atoms with Crippen LogP contribution in [0.4, 0.5) is 4.39 Å². The van der Waals surface area contributed by atoms with Gasteiger partial charge in [-0.2, -0.15) is 5.10 Å². The molecule has 0 aliphatic rings. The lowest BCUT2D eigenvalue weighted by molar-refractivity contribution is 0.0944. The van der Waals surface area contributed by atoms with E-state index in [0.29, 0.717) is 0 Å². The van der Waals surface area contributed by atoms with Gasteiger partial charge in [0.05, 0.1) is 12.2 Å². The minimum atomic E-state index is -0.517. The highest BCUT2D eigenvalue weighted by atomic mass is 19.1. The Bertz CT molecular complexity index is 606. The summed E-state index contributed by atoms with van der Waals surface area (Å²) in [4.78, 5) is 26.1. The highest BCUT2D eigenvalue weighted by Crippen LogP contribution is 2.02. The Hall–Kier alpha value is -2.57. The van der Waals surface area contributed by atoms with Gasteiger partial charge in [-0.25, -0.2) is 9.49 Å². The van der Waals surface area contributed by atoms with Crippen molar-refractivity contribution in [3.8, 4) is 0 Å². The Labute approximate surface area is 101 Å². The molecule has 0 bridgehead atoms. The van der Waals surface area contributed by atoms with Crippen LogP contribution in [0.3, 0.4) is 0 Å². The van der Waals surface area contributed by atoms with Gasteiger partial charge in [0, 0.05) is 12.3 Å². The number of nitrogens with one attached hydrogen (secondary N) is 2. The zero-order chi connectivity index (χ0) is 13.0. The van der Waals surface area contributed by atoms with Gasteiger partial charge in [-0.15, -0.1) is 0 Å². The second kappa shape index (κ2) is 5.17. The molecular weight excluding hydrogens is 239 g/mol. The summed E-state index contributed by atoms with van der Waals surface area (Å²) in [6.45, 7) is -0.0493. The molecule has 0 aliphatic heterocycles. The fourth-order valence-electron chi connectivity index (χ4n) is 1.27. The summed E-state index contributed by atoms with van der Waals surface area (Å²) in [6.07, 6.45) is 1.43. The number of nitrogens with zero attached hydrogens (tertiary/aromatic N) is 2. The molecule has 7 heteroatoms. The van der Waals surface area contributed by atoms with E-state index >= 15 is 0 Å². The average Bonchev–Trinajstić information content (AvgIpc) is 2.38. The van der Waals surface area contributed by atoms with E-state index in [1.807, 2.05) is 0 Å². The van der Waals surface area contributed by atoms with Crippen LogP contribution in [0.5, 0.6) is 0 Å². The van der Waals surface area contributed by atoms with Gasteiger partial charge >= 0.3 is 0 Å². The number of aromatic amines is 1. The van der Waals surface area contributed by atoms with Gasteiger partial charge in [0.25, 0.3) is 11.5 Å². The van der Waals surface area contributed by atoms with Crippen LogP contribution in [0.25, 0.3) is 0 Å². The standard InChI is InChI=1S/C11H9FN4O2/c12-7-2-1-5-13-9(7)6-14-11(18)8-3-4-10(17)16-15-8/h1-5H,6H2,(H,14,18)(H,16,17). The zero-order valence-corrected chi connectivity index (χ0v) is 9.18. The lowest BCUT2D eigenvalue weighted by atomic mass is 10.3. The summed E-state index contributed by atoms with van der Waals surface area (Å²) in [6, 6.07) is 5.18. The molecule has 0 unspecified atom stereocenters. The van der Waals surface area contributed by atoms with E-state index in [1.54, 1.807) is 0 Å². The number of hydrogen-bond donors (Lipinski definition) is 2. The maximum absolute atomic E-state index is 13.2. The van der Waals surface area contributed by atoms with E-state index in [2.05, 4.69) is 20.5 Å². The number of hydrogen-bond acceptors (Lipinski definition) is 4. The molecule has 0 saturated heterocycles. The largest absolute Gasteiger partial charge is 0.345 e. The van der Waals surface area contributed by atoms with Crippen molar-refractivity contribution in [3.63, 3.8) is 0 Å². The number of aromatic nitrogens is 3. The number of carbonyl (C=O) groups excluding carboxylic acids is 1. The van der Waals surface area contributed by atoms with Crippen molar-refractivity contribution in [2.45, 2.75) is 6.54 Å². The minimum absolute atomic E-state index is 0.0472. The topological polar surface area (TPSA) is 87.7 Å². The van der Waals surface area contributed by atoms with Crippen LogP contribution in [0.1, 0.15) is 16.2 Å². The molecule has 0 atom stereocenters. The molecule has 2 rings (SSSR count). The Morgan fingerprint density at radius 1 is 1.39 bits per heavy atom. The number of halogens is 1. The molecule has 0 fully saturated rings. The molecule has 2 N–H and O–H groups in total. The second-order valence-corrected chi connectivity index (χ2v) is 3.42. The van der Waals surface area contributed by atoms with E-state index in [9.17, 15) is 14.0 Å². The molecule has 92 valence electrons. The fourth-order valence-corrected chi connectivity index (χ4v) is 1.27. The molecule has 0 spiro atoms. The molecule has 1 amide bonds. The first-order valence-corrected chi connectivity index (χ1v) is 5.10. The maximum atomic E-state index is 13.2. The molecule has 0 radical (unpaired) electrons. The quantitative estimate of drug-likeness (QED) is 0.814. The van der Waals surface area contributed by atoms with Crippen molar-refractivity contribution in [1.29, 1.82) is 0 Å². The van der Waals surface area contributed by atoms with Crippen molar-refractivity contribution in [2.24, 2.45) is 0 Å². The van der Waals surface area contributed by atoms with Gasteiger partial charge in [-0.3, -0.25) is 14.6 Å².